The highest BCUT2D eigenvalue weighted by Crippen LogP contribution is 2.14. The van der Waals surface area contributed by atoms with Crippen LogP contribution < -0.4 is 10.5 Å². The molecule has 1 aromatic heterocycles. The molecule has 0 aliphatic rings. The van der Waals surface area contributed by atoms with E-state index in [-0.39, 0.29) is 19.1 Å². The molecule has 112 valence electrons. The molecule has 0 atom stereocenters. The molecule has 0 unspecified atom stereocenters. The van der Waals surface area contributed by atoms with Crippen molar-refractivity contribution in [2.45, 2.75) is 20.4 Å². The van der Waals surface area contributed by atoms with Crippen LogP contribution in [-0.4, -0.2) is 29.0 Å². The number of carbonyl (C=O) groups is 1. The van der Waals surface area contributed by atoms with Gasteiger partial charge in [-0.2, -0.15) is 5.10 Å². The third-order valence-corrected chi connectivity index (χ3v) is 3.07. The van der Waals surface area contributed by atoms with E-state index < -0.39 is 0 Å². The Kier molecular flexibility index (Phi) is 4.81. The van der Waals surface area contributed by atoms with Gasteiger partial charge >= 0.3 is 5.97 Å². The smallest absolute Gasteiger partial charge is 0.327 e. The topological polar surface area (TPSA) is 79.4 Å². The largest absolute Gasteiger partial charge is 0.490 e. The number of nitrogens with zero attached hydrogens (tertiary/aromatic N) is 2. The lowest BCUT2D eigenvalue weighted by Gasteiger charge is -2.08. The van der Waals surface area contributed by atoms with Crippen LogP contribution >= 0.6 is 0 Å². The van der Waals surface area contributed by atoms with Crippen molar-refractivity contribution in [3.8, 4) is 5.75 Å². The third kappa shape index (κ3) is 3.98. The minimum absolute atomic E-state index is 0.0508. The van der Waals surface area contributed by atoms with E-state index in [1.165, 1.54) is 0 Å². The lowest BCUT2D eigenvalue weighted by molar-refractivity contribution is -0.145. The second-order valence-corrected chi connectivity index (χ2v) is 4.62. The first-order valence-electron chi connectivity index (χ1n) is 6.71. The van der Waals surface area contributed by atoms with Crippen molar-refractivity contribution in [2.75, 3.05) is 18.9 Å². The normalized spacial score (nSPS) is 10.4. The van der Waals surface area contributed by atoms with Crippen LogP contribution in [0.5, 0.6) is 5.75 Å². The van der Waals surface area contributed by atoms with Gasteiger partial charge in [0.1, 0.15) is 25.5 Å². The Morgan fingerprint density at radius 3 is 2.57 bits per heavy atom. The molecular formula is C15H19N3O3. The summed E-state index contributed by atoms with van der Waals surface area (Å²) in [6.45, 7) is 4.19. The first-order valence-corrected chi connectivity index (χ1v) is 6.71. The van der Waals surface area contributed by atoms with Gasteiger partial charge in [-0.15, -0.1) is 0 Å². The van der Waals surface area contributed by atoms with E-state index in [2.05, 4.69) is 5.10 Å². The molecule has 1 aromatic carbocycles. The lowest BCUT2D eigenvalue weighted by Crippen LogP contribution is -2.18. The number of para-hydroxylation sites is 1. The predicted octanol–water partition coefficient (Wildman–Crippen LogP) is 1.70. The highest BCUT2D eigenvalue weighted by atomic mass is 16.6. The van der Waals surface area contributed by atoms with Crippen molar-refractivity contribution in [1.82, 2.24) is 9.78 Å². The number of ether oxygens (including phenoxy) is 2. The van der Waals surface area contributed by atoms with E-state index in [4.69, 9.17) is 15.2 Å². The van der Waals surface area contributed by atoms with Gasteiger partial charge in [0.05, 0.1) is 17.1 Å². The minimum atomic E-state index is -0.364. The number of nitrogen functional groups attached to an aromatic ring is 1. The predicted molar refractivity (Wildman–Crippen MR) is 79.0 cm³/mol. The Labute approximate surface area is 123 Å². The number of hydrogen-bond acceptors (Lipinski definition) is 5. The minimum Gasteiger partial charge on any atom is -0.490 e. The third-order valence-electron chi connectivity index (χ3n) is 3.07. The van der Waals surface area contributed by atoms with Crippen LogP contribution in [-0.2, 0) is 16.1 Å². The number of rotatable bonds is 6. The Bertz CT molecular complexity index is 608. The molecule has 1 heterocycles. The summed E-state index contributed by atoms with van der Waals surface area (Å²) in [7, 11) is 0. The summed E-state index contributed by atoms with van der Waals surface area (Å²) in [6.07, 6.45) is 0. The first-order chi connectivity index (χ1) is 10.1. The summed E-state index contributed by atoms with van der Waals surface area (Å²) in [6, 6.07) is 9.37. The summed E-state index contributed by atoms with van der Waals surface area (Å²) < 4.78 is 12.1. The molecule has 6 nitrogen and oxygen atoms in total. The molecule has 2 rings (SSSR count). The van der Waals surface area contributed by atoms with Crippen LogP contribution in [0.2, 0.25) is 0 Å². The zero-order chi connectivity index (χ0) is 15.2. The zero-order valence-corrected chi connectivity index (χ0v) is 12.2. The average Bonchev–Trinajstić information content (AvgIpc) is 2.72. The molecule has 6 heteroatoms. The van der Waals surface area contributed by atoms with E-state index >= 15 is 0 Å². The van der Waals surface area contributed by atoms with E-state index in [1.807, 2.05) is 37.3 Å². The van der Waals surface area contributed by atoms with Crippen LogP contribution in [0.1, 0.15) is 11.4 Å². The summed E-state index contributed by atoms with van der Waals surface area (Å²) in [4.78, 5) is 11.7. The van der Waals surface area contributed by atoms with E-state index in [0.29, 0.717) is 18.0 Å². The van der Waals surface area contributed by atoms with Gasteiger partial charge in [0.25, 0.3) is 0 Å². The number of aromatic nitrogens is 2. The number of esters is 1. The molecular weight excluding hydrogens is 270 g/mol. The second-order valence-electron chi connectivity index (χ2n) is 4.62. The molecule has 0 bridgehead atoms. The standard InChI is InChI=1S/C15H19N3O3/c1-11-15(16)12(2)18(17-11)10-14(19)21-9-8-20-13-6-4-3-5-7-13/h3-7H,8-10,16H2,1-2H3. The van der Waals surface area contributed by atoms with Gasteiger partial charge in [0, 0.05) is 0 Å². The van der Waals surface area contributed by atoms with Gasteiger partial charge in [-0.3, -0.25) is 9.48 Å². The van der Waals surface area contributed by atoms with Gasteiger partial charge in [-0.25, -0.2) is 0 Å². The van der Waals surface area contributed by atoms with Crippen LogP contribution in [0.4, 0.5) is 5.69 Å². The summed E-state index contributed by atoms with van der Waals surface area (Å²) in [5.74, 6) is 0.386. The van der Waals surface area contributed by atoms with Gasteiger partial charge in [-0.05, 0) is 26.0 Å². The van der Waals surface area contributed by atoms with Gasteiger partial charge in [0.2, 0.25) is 0 Å². The van der Waals surface area contributed by atoms with Crippen molar-refractivity contribution in [2.24, 2.45) is 0 Å². The fraction of sp³-hybridized carbons (Fsp3) is 0.333. The average molecular weight is 289 g/mol. The summed E-state index contributed by atoms with van der Waals surface area (Å²) >= 11 is 0. The summed E-state index contributed by atoms with van der Waals surface area (Å²) in [5.41, 5.74) is 7.90. The molecule has 0 saturated heterocycles. The zero-order valence-electron chi connectivity index (χ0n) is 12.2. The lowest BCUT2D eigenvalue weighted by atomic mass is 10.3. The van der Waals surface area contributed by atoms with Crippen molar-refractivity contribution in [3.63, 3.8) is 0 Å². The molecule has 0 spiro atoms. The van der Waals surface area contributed by atoms with Gasteiger partial charge in [0.15, 0.2) is 0 Å². The molecule has 0 saturated carbocycles. The molecule has 2 N–H and O–H groups in total. The number of hydrogen-bond donors (Lipinski definition) is 1. The van der Waals surface area contributed by atoms with Gasteiger partial charge < -0.3 is 15.2 Å². The SMILES string of the molecule is Cc1nn(CC(=O)OCCOc2ccccc2)c(C)c1N. The summed E-state index contributed by atoms with van der Waals surface area (Å²) in [5, 5.41) is 4.19. The van der Waals surface area contributed by atoms with Crippen molar-refractivity contribution >= 4 is 11.7 Å². The molecule has 21 heavy (non-hydrogen) atoms. The van der Waals surface area contributed by atoms with E-state index in [0.717, 1.165) is 11.4 Å². The molecule has 0 aliphatic heterocycles. The Morgan fingerprint density at radius 1 is 1.24 bits per heavy atom. The maximum absolute atomic E-state index is 11.7. The van der Waals surface area contributed by atoms with E-state index in [9.17, 15) is 4.79 Å². The van der Waals surface area contributed by atoms with Crippen LogP contribution in [0.3, 0.4) is 0 Å². The Morgan fingerprint density at radius 2 is 1.95 bits per heavy atom. The Balaban J connectivity index is 1.74. The monoisotopic (exact) mass is 289 g/mol. The van der Waals surface area contributed by atoms with Crippen molar-refractivity contribution in [1.29, 1.82) is 0 Å². The van der Waals surface area contributed by atoms with Crippen molar-refractivity contribution < 1.29 is 14.3 Å². The van der Waals surface area contributed by atoms with Gasteiger partial charge in [-0.1, -0.05) is 18.2 Å². The second kappa shape index (κ2) is 6.78. The fourth-order valence-electron chi connectivity index (χ4n) is 1.86. The van der Waals surface area contributed by atoms with Crippen molar-refractivity contribution in [3.05, 3.63) is 41.7 Å². The molecule has 0 amide bonds. The highest BCUT2D eigenvalue weighted by molar-refractivity contribution is 5.69. The molecule has 0 fully saturated rings. The molecule has 2 aromatic rings. The van der Waals surface area contributed by atoms with Crippen LogP contribution in [0, 0.1) is 13.8 Å². The fourth-order valence-corrected chi connectivity index (χ4v) is 1.86. The molecule has 0 radical (unpaired) electrons. The number of nitrogens with two attached hydrogens (primary N) is 1. The van der Waals surface area contributed by atoms with Crippen LogP contribution in [0.15, 0.2) is 30.3 Å². The maximum Gasteiger partial charge on any atom is 0.327 e. The van der Waals surface area contributed by atoms with E-state index in [1.54, 1.807) is 11.6 Å². The molecule has 0 aliphatic carbocycles. The Hall–Kier alpha value is -2.50. The number of benzene rings is 1. The quantitative estimate of drug-likeness (QED) is 0.647. The number of carbonyl (C=O) groups excluding carboxylic acids is 1. The number of aryl methyl sites for hydroxylation is 1. The first kappa shape index (κ1) is 14.9. The van der Waals surface area contributed by atoms with Crippen LogP contribution in [0.25, 0.3) is 0 Å². The number of anilines is 1. The highest BCUT2D eigenvalue weighted by Gasteiger charge is 2.12. The maximum atomic E-state index is 11.7.